The van der Waals surface area contributed by atoms with Gasteiger partial charge >= 0.3 is 11.6 Å². The fourth-order valence-electron chi connectivity index (χ4n) is 5.12. The minimum atomic E-state index is -0.614. The Morgan fingerprint density at radius 1 is 1.18 bits per heavy atom. The number of aromatic nitrogens is 2. The van der Waals surface area contributed by atoms with Crippen LogP contribution in [0, 0.1) is 12.7 Å². The fraction of sp³-hybridized carbons (Fsp3) is 0.320. The Morgan fingerprint density at radius 2 is 2.03 bits per heavy atom. The summed E-state index contributed by atoms with van der Waals surface area (Å²) in [6.45, 7) is 5.25. The number of methoxy groups -OCH3 is 1. The molecule has 0 amide bonds. The number of rotatable bonds is 3. The monoisotopic (exact) mass is 462 g/mol. The van der Waals surface area contributed by atoms with Crippen molar-refractivity contribution in [3.8, 4) is 23.1 Å². The Morgan fingerprint density at radius 3 is 2.76 bits per heavy atom. The van der Waals surface area contributed by atoms with Gasteiger partial charge in [0, 0.05) is 48.7 Å². The summed E-state index contributed by atoms with van der Waals surface area (Å²) in [5.41, 5.74) is 0.592. The van der Waals surface area contributed by atoms with Crippen LogP contribution < -0.4 is 15.3 Å². The summed E-state index contributed by atoms with van der Waals surface area (Å²) in [7, 11) is 1.48. The van der Waals surface area contributed by atoms with E-state index in [9.17, 15) is 14.3 Å². The number of halogens is 1. The number of hydrogen-bond donors (Lipinski definition) is 1. The van der Waals surface area contributed by atoms with Gasteiger partial charge < -0.3 is 19.2 Å². The van der Waals surface area contributed by atoms with E-state index in [4.69, 9.17) is 9.15 Å². The summed E-state index contributed by atoms with van der Waals surface area (Å²) >= 11 is 0. The number of aryl methyl sites for hydroxylation is 1. The average molecular weight is 462 g/mol. The van der Waals surface area contributed by atoms with Crippen LogP contribution >= 0.6 is 0 Å². The second-order valence-electron chi connectivity index (χ2n) is 8.86. The number of anilines is 1. The first kappa shape index (κ1) is 20.9. The third-order valence-corrected chi connectivity index (χ3v) is 6.96. The molecule has 2 aliphatic rings. The van der Waals surface area contributed by atoms with Crippen LogP contribution in [-0.4, -0.2) is 59.3 Å². The first-order valence-electron chi connectivity index (χ1n) is 11.2. The van der Waals surface area contributed by atoms with Gasteiger partial charge in [-0.05, 0) is 36.9 Å². The normalized spacial score (nSPS) is 18.2. The van der Waals surface area contributed by atoms with Crippen molar-refractivity contribution >= 4 is 27.5 Å². The van der Waals surface area contributed by atoms with E-state index < -0.39 is 11.4 Å². The van der Waals surface area contributed by atoms with Crippen LogP contribution in [0.1, 0.15) is 12.0 Å². The molecule has 0 aliphatic carbocycles. The van der Waals surface area contributed by atoms with Gasteiger partial charge in [-0.3, -0.25) is 4.90 Å². The van der Waals surface area contributed by atoms with Gasteiger partial charge in [0.2, 0.25) is 0 Å². The first-order valence-corrected chi connectivity index (χ1v) is 11.2. The van der Waals surface area contributed by atoms with E-state index >= 15 is 0 Å². The van der Waals surface area contributed by atoms with Crippen molar-refractivity contribution in [3.05, 3.63) is 52.1 Å². The van der Waals surface area contributed by atoms with Crippen LogP contribution in [-0.2, 0) is 0 Å². The molecule has 2 aliphatic heterocycles. The summed E-state index contributed by atoms with van der Waals surface area (Å²) in [6.07, 6.45) is 1.12. The van der Waals surface area contributed by atoms with Crippen molar-refractivity contribution in [3.63, 3.8) is 0 Å². The van der Waals surface area contributed by atoms with Crippen LogP contribution in [0.3, 0.4) is 0 Å². The average Bonchev–Trinajstić information content (AvgIpc) is 2.81. The van der Waals surface area contributed by atoms with E-state index in [1.54, 1.807) is 19.1 Å². The standard InChI is InChI=1S/C25H23FN4O4/c1-13-21-20(23(28-25(27-21)33-2)30-9-8-29-7-6-15(29)12-30)24(32)34-22(13)17-11-16(31)10-14-4-3-5-18(26)19(14)17/h3-5,10-11,15,31H,6-9,12H2,1-2H3. The topological polar surface area (TPSA) is 91.9 Å². The molecule has 174 valence electrons. The molecule has 8 nitrogen and oxygen atoms in total. The van der Waals surface area contributed by atoms with Crippen LogP contribution in [0.15, 0.2) is 39.5 Å². The fourth-order valence-corrected chi connectivity index (χ4v) is 5.12. The van der Waals surface area contributed by atoms with E-state index in [0.717, 1.165) is 32.6 Å². The quantitative estimate of drug-likeness (QED) is 0.495. The molecule has 1 N–H and O–H groups in total. The van der Waals surface area contributed by atoms with E-state index in [1.807, 2.05) is 0 Å². The molecule has 4 heterocycles. The lowest BCUT2D eigenvalue weighted by atomic mass is 9.98. The highest BCUT2D eigenvalue weighted by Crippen LogP contribution is 2.38. The molecule has 0 bridgehead atoms. The predicted octanol–water partition coefficient (Wildman–Crippen LogP) is 3.46. The Balaban J connectivity index is 1.61. The highest BCUT2D eigenvalue weighted by atomic mass is 19.1. The van der Waals surface area contributed by atoms with E-state index in [2.05, 4.69) is 19.8 Å². The molecule has 6 rings (SSSR count). The molecule has 34 heavy (non-hydrogen) atoms. The third-order valence-electron chi connectivity index (χ3n) is 6.96. The lowest BCUT2D eigenvalue weighted by Crippen LogP contribution is -2.60. The Bertz CT molecular complexity index is 1520. The van der Waals surface area contributed by atoms with Crippen LogP contribution in [0.25, 0.3) is 33.0 Å². The minimum Gasteiger partial charge on any atom is -0.508 e. The van der Waals surface area contributed by atoms with E-state index in [0.29, 0.717) is 28.3 Å². The molecule has 0 radical (unpaired) electrons. The van der Waals surface area contributed by atoms with Crippen molar-refractivity contribution < 1.29 is 18.7 Å². The number of phenols is 1. The zero-order chi connectivity index (χ0) is 23.6. The van der Waals surface area contributed by atoms with Crippen molar-refractivity contribution in [2.24, 2.45) is 0 Å². The molecule has 2 aromatic heterocycles. The molecule has 2 fully saturated rings. The van der Waals surface area contributed by atoms with Crippen LogP contribution in [0.5, 0.6) is 11.8 Å². The summed E-state index contributed by atoms with van der Waals surface area (Å²) in [5.74, 6) is 0.103. The second-order valence-corrected chi connectivity index (χ2v) is 8.86. The number of phenolic OH excluding ortho intramolecular Hbond substituents is 1. The molecule has 0 saturated carbocycles. The molecule has 2 saturated heterocycles. The van der Waals surface area contributed by atoms with E-state index in [-0.39, 0.29) is 33.9 Å². The summed E-state index contributed by atoms with van der Waals surface area (Å²) in [4.78, 5) is 26.9. The van der Waals surface area contributed by atoms with Crippen molar-refractivity contribution in [1.82, 2.24) is 14.9 Å². The summed E-state index contributed by atoms with van der Waals surface area (Å²) in [5, 5.41) is 11.3. The van der Waals surface area contributed by atoms with Crippen LogP contribution in [0.2, 0.25) is 0 Å². The second kappa shape index (κ2) is 7.66. The van der Waals surface area contributed by atoms with Gasteiger partial charge in [-0.1, -0.05) is 12.1 Å². The van der Waals surface area contributed by atoms with Crippen LogP contribution in [0.4, 0.5) is 10.2 Å². The summed E-state index contributed by atoms with van der Waals surface area (Å²) < 4.78 is 26.0. The number of nitrogens with zero attached hydrogens (tertiary/aromatic N) is 4. The number of aromatic hydroxyl groups is 1. The van der Waals surface area contributed by atoms with Gasteiger partial charge in [-0.2, -0.15) is 9.97 Å². The van der Waals surface area contributed by atoms with Gasteiger partial charge in [0.1, 0.15) is 22.7 Å². The van der Waals surface area contributed by atoms with Gasteiger partial charge in [-0.25, -0.2) is 9.18 Å². The zero-order valence-corrected chi connectivity index (χ0v) is 18.8. The predicted molar refractivity (Wildman–Crippen MR) is 126 cm³/mol. The zero-order valence-electron chi connectivity index (χ0n) is 18.8. The Hall–Kier alpha value is -3.72. The largest absolute Gasteiger partial charge is 0.508 e. The molecule has 1 unspecified atom stereocenters. The van der Waals surface area contributed by atoms with Crippen molar-refractivity contribution in [2.45, 2.75) is 19.4 Å². The number of piperazine rings is 1. The molecule has 1 atom stereocenters. The Kier molecular flexibility index (Phi) is 4.70. The van der Waals surface area contributed by atoms with Crippen molar-refractivity contribution in [1.29, 1.82) is 0 Å². The maximum absolute atomic E-state index is 14.9. The summed E-state index contributed by atoms with van der Waals surface area (Å²) in [6, 6.07) is 8.05. The maximum Gasteiger partial charge on any atom is 0.349 e. The smallest absolute Gasteiger partial charge is 0.349 e. The first-order chi connectivity index (χ1) is 16.4. The molecular formula is C25H23FN4O4. The Labute approximate surface area is 194 Å². The van der Waals surface area contributed by atoms with Crippen molar-refractivity contribution in [2.75, 3.05) is 38.2 Å². The SMILES string of the molecule is COc1nc(N2CCN3CCC3C2)c2c(=O)oc(-c3cc(O)cc4cccc(F)c34)c(C)c2n1. The number of benzene rings is 2. The highest BCUT2D eigenvalue weighted by Gasteiger charge is 2.35. The molecular weight excluding hydrogens is 439 g/mol. The molecule has 4 aromatic rings. The minimum absolute atomic E-state index is 0.0606. The number of fused-ring (bicyclic) bond motifs is 3. The molecule has 2 aromatic carbocycles. The maximum atomic E-state index is 14.9. The lowest BCUT2D eigenvalue weighted by molar-refractivity contribution is 0.0783. The third kappa shape index (κ3) is 3.11. The highest BCUT2D eigenvalue weighted by molar-refractivity contribution is 6.00. The number of hydrogen-bond acceptors (Lipinski definition) is 8. The van der Waals surface area contributed by atoms with Gasteiger partial charge in [0.05, 0.1) is 12.6 Å². The van der Waals surface area contributed by atoms with Gasteiger partial charge in [0.25, 0.3) is 0 Å². The van der Waals surface area contributed by atoms with E-state index in [1.165, 1.54) is 25.3 Å². The number of ether oxygens (including phenoxy) is 1. The van der Waals surface area contributed by atoms with Gasteiger partial charge in [-0.15, -0.1) is 0 Å². The molecule has 9 heteroatoms. The lowest BCUT2D eigenvalue weighted by Gasteiger charge is -2.48. The molecule has 0 spiro atoms. The van der Waals surface area contributed by atoms with Gasteiger partial charge in [0.15, 0.2) is 5.82 Å².